The molecule has 0 atom stereocenters. The monoisotopic (exact) mass is 473 g/mol. The third-order valence-corrected chi connectivity index (χ3v) is 4.45. The summed E-state index contributed by atoms with van der Waals surface area (Å²) in [4.78, 5) is 11.9. The Bertz CT molecular complexity index is 656. The SMILES string of the molecule is CC(C)c1ccc(OCC(=O)Nc2ccc(I)cc2)c(Br)c1. The molecule has 22 heavy (non-hydrogen) atoms. The van der Waals surface area contributed by atoms with Gasteiger partial charge in [0.05, 0.1) is 4.47 Å². The second-order valence-corrected chi connectivity index (χ2v) is 7.29. The molecule has 2 aromatic rings. The zero-order chi connectivity index (χ0) is 16.1. The van der Waals surface area contributed by atoms with Crippen molar-refractivity contribution in [1.29, 1.82) is 0 Å². The van der Waals surface area contributed by atoms with Gasteiger partial charge in [-0.15, -0.1) is 0 Å². The number of anilines is 1. The molecule has 1 N–H and O–H groups in total. The topological polar surface area (TPSA) is 38.3 Å². The standard InChI is InChI=1S/C17H17BrINO2/c1-11(2)12-3-8-16(15(18)9-12)22-10-17(21)20-14-6-4-13(19)5-7-14/h3-9,11H,10H2,1-2H3,(H,20,21). The first-order valence-electron chi connectivity index (χ1n) is 6.93. The molecule has 2 aromatic carbocycles. The molecule has 0 spiro atoms. The number of halogens is 2. The minimum Gasteiger partial charge on any atom is -0.483 e. The molecule has 1 amide bonds. The number of benzene rings is 2. The van der Waals surface area contributed by atoms with Crippen LogP contribution in [-0.2, 0) is 4.79 Å². The summed E-state index contributed by atoms with van der Waals surface area (Å²) in [6.07, 6.45) is 0. The number of amides is 1. The fraction of sp³-hybridized carbons (Fsp3) is 0.235. The molecule has 0 heterocycles. The van der Waals surface area contributed by atoms with Gasteiger partial charge in [-0.1, -0.05) is 19.9 Å². The Morgan fingerprint density at radius 2 is 1.91 bits per heavy atom. The quantitative estimate of drug-likeness (QED) is 0.606. The van der Waals surface area contributed by atoms with E-state index in [0.717, 1.165) is 13.7 Å². The lowest BCUT2D eigenvalue weighted by Crippen LogP contribution is -2.20. The Balaban J connectivity index is 1.92. The molecule has 0 aliphatic rings. The van der Waals surface area contributed by atoms with Gasteiger partial charge in [0.25, 0.3) is 5.91 Å². The Morgan fingerprint density at radius 3 is 2.50 bits per heavy atom. The van der Waals surface area contributed by atoms with Crippen LogP contribution in [0.25, 0.3) is 0 Å². The van der Waals surface area contributed by atoms with E-state index in [0.29, 0.717) is 11.7 Å². The van der Waals surface area contributed by atoms with Crippen LogP contribution < -0.4 is 10.1 Å². The number of ether oxygens (including phenoxy) is 1. The molecule has 0 radical (unpaired) electrons. The van der Waals surface area contributed by atoms with Crippen molar-refractivity contribution in [3.05, 3.63) is 56.1 Å². The fourth-order valence-corrected chi connectivity index (χ4v) is 2.74. The summed E-state index contributed by atoms with van der Waals surface area (Å²) in [6.45, 7) is 4.25. The maximum atomic E-state index is 11.9. The van der Waals surface area contributed by atoms with E-state index in [-0.39, 0.29) is 12.5 Å². The normalized spacial score (nSPS) is 10.6. The second kappa shape index (κ2) is 7.97. The Hall–Kier alpha value is -1.08. The van der Waals surface area contributed by atoms with Crippen LogP contribution in [0.3, 0.4) is 0 Å². The summed E-state index contributed by atoms with van der Waals surface area (Å²) < 4.78 is 7.56. The Morgan fingerprint density at radius 1 is 1.23 bits per heavy atom. The maximum absolute atomic E-state index is 11.9. The maximum Gasteiger partial charge on any atom is 0.262 e. The van der Waals surface area contributed by atoms with Crippen LogP contribution in [0.15, 0.2) is 46.9 Å². The minimum atomic E-state index is -0.180. The Kier molecular flexibility index (Phi) is 6.26. The van der Waals surface area contributed by atoms with Crippen molar-refractivity contribution in [2.75, 3.05) is 11.9 Å². The number of carbonyl (C=O) groups is 1. The van der Waals surface area contributed by atoms with Crippen molar-refractivity contribution in [3.8, 4) is 5.75 Å². The van der Waals surface area contributed by atoms with Crippen molar-refractivity contribution in [2.45, 2.75) is 19.8 Å². The van der Waals surface area contributed by atoms with E-state index >= 15 is 0 Å². The van der Waals surface area contributed by atoms with E-state index in [1.165, 1.54) is 5.56 Å². The molecular formula is C17H17BrINO2. The summed E-state index contributed by atoms with van der Waals surface area (Å²) in [5.74, 6) is 0.942. The highest BCUT2D eigenvalue weighted by Crippen LogP contribution is 2.28. The van der Waals surface area contributed by atoms with E-state index in [2.05, 4.69) is 57.7 Å². The van der Waals surface area contributed by atoms with Gasteiger partial charge in [-0.2, -0.15) is 0 Å². The molecule has 0 aliphatic carbocycles. The van der Waals surface area contributed by atoms with E-state index in [1.807, 2.05) is 42.5 Å². The molecule has 116 valence electrons. The lowest BCUT2D eigenvalue weighted by Gasteiger charge is -2.11. The highest BCUT2D eigenvalue weighted by molar-refractivity contribution is 14.1. The van der Waals surface area contributed by atoms with Crippen molar-refractivity contribution in [2.24, 2.45) is 0 Å². The van der Waals surface area contributed by atoms with E-state index < -0.39 is 0 Å². The fourth-order valence-electron chi connectivity index (χ4n) is 1.87. The van der Waals surface area contributed by atoms with Crippen molar-refractivity contribution in [1.82, 2.24) is 0 Å². The largest absolute Gasteiger partial charge is 0.483 e. The van der Waals surface area contributed by atoms with Gasteiger partial charge in [0.15, 0.2) is 6.61 Å². The van der Waals surface area contributed by atoms with Gasteiger partial charge >= 0.3 is 0 Å². The van der Waals surface area contributed by atoms with Crippen LogP contribution in [0.1, 0.15) is 25.3 Å². The summed E-state index contributed by atoms with van der Waals surface area (Å²) in [5.41, 5.74) is 1.99. The van der Waals surface area contributed by atoms with Gasteiger partial charge in [0, 0.05) is 9.26 Å². The first-order valence-corrected chi connectivity index (χ1v) is 8.80. The lowest BCUT2D eigenvalue weighted by atomic mass is 10.0. The predicted octanol–water partition coefficient (Wildman–Crippen LogP) is 5.19. The molecule has 5 heteroatoms. The van der Waals surface area contributed by atoms with Crippen LogP contribution in [0.5, 0.6) is 5.75 Å². The first kappa shape index (κ1) is 17.3. The van der Waals surface area contributed by atoms with Gasteiger partial charge < -0.3 is 10.1 Å². The third kappa shape index (κ3) is 4.98. The zero-order valence-corrected chi connectivity index (χ0v) is 16.1. The molecule has 0 fully saturated rings. The molecule has 0 saturated heterocycles. The first-order chi connectivity index (χ1) is 10.5. The van der Waals surface area contributed by atoms with Crippen LogP contribution in [0, 0.1) is 3.57 Å². The molecule has 0 bridgehead atoms. The summed E-state index contributed by atoms with van der Waals surface area (Å²) in [5, 5.41) is 2.81. The van der Waals surface area contributed by atoms with Gasteiger partial charge in [-0.05, 0) is 86.4 Å². The van der Waals surface area contributed by atoms with Gasteiger partial charge in [0.1, 0.15) is 5.75 Å². The molecular weight excluding hydrogens is 457 g/mol. The number of hydrogen-bond donors (Lipinski definition) is 1. The van der Waals surface area contributed by atoms with Crippen molar-refractivity contribution >= 4 is 50.1 Å². The number of rotatable bonds is 5. The van der Waals surface area contributed by atoms with Crippen LogP contribution in [-0.4, -0.2) is 12.5 Å². The lowest BCUT2D eigenvalue weighted by molar-refractivity contribution is -0.118. The Labute approximate surface area is 152 Å². The molecule has 0 aliphatic heterocycles. The van der Waals surface area contributed by atoms with Crippen molar-refractivity contribution in [3.63, 3.8) is 0 Å². The molecule has 3 nitrogen and oxygen atoms in total. The molecule has 2 rings (SSSR count). The number of hydrogen-bond acceptors (Lipinski definition) is 2. The average Bonchev–Trinajstić information content (AvgIpc) is 2.48. The molecule has 0 unspecified atom stereocenters. The van der Waals surface area contributed by atoms with E-state index in [9.17, 15) is 4.79 Å². The highest BCUT2D eigenvalue weighted by Gasteiger charge is 2.08. The summed E-state index contributed by atoms with van der Waals surface area (Å²) >= 11 is 5.71. The summed E-state index contributed by atoms with van der Waals surface area (Å²) in [6, 6.07) is 13.5. The van der Waals surface area contributed by atoms with Crippen molar-refractivity contribution < 1.29 is 9.53 Å². The summed E-state index contributed by atoms with van der Waals surface area (Å²) in [7, 11) is 0. The molecule has 0 saturated carbocycles. The van der Waals surface area contributed by atoms with E-state index in [1.54, 1.807) is 0 Å². The average molecular weight is 474 g/mol. The molecule has 0 aromatic heterocycles. The number of carbonyl (C=O) groups excluding carboxylic acids is 1. The second-order valence-electron chi connectivity index (χ2n) is 5.19. The number of nitrogens with one attached hydrogen (secondary N) is 1. The minimum absolute atomic E-state index is 0.0222. The predicted molar refractivity (Wildman–Crippen MR) is 102 cm³/mol. The smallest absolute Gasteiger partial charge is 0.262 e. The van der Waals surface area contributed by atoms with Crippen LogP contribution in [0.4, 0.5) is 5.69 Å². The van der Waals surface area contributed by atoms with Crippen LogP contribution in [0.2, 0.25) is 0 Å². The van der Waals surface area contributed by atoms with Gasteiger partial charge in [-0.3, -0.25) is 4.79 Å². The highest BCUT2D eigenvalue weighted by atomic mass is 127. The van der Waals surface area contributed by atoms with Gasteiger partial charge in [0.2, 0.25) is 0 Å². The van der Waals surface area contributed by atoms with Gasteiger partial charge in [-0.25, -0.2) is 0 Å². The third-order valence-electron chi connectivity index (χ3n) is 3.11. The van der Waals surface area contributed by atoms with E-state index in [4.69, 9.17) is 4.74 Å². The zero-order valence-electron chi connectivity index (χ0n) is 12.4. The van der Waals surface area contributed by atoms with Crippen LogP contribution >= 0.6 is 38.5 Å².